The number of rotatable bonds is 4. The number of carboxylic acids is 1. The maximum Gasteiger partial charge on any atom is 0.307 e. The second-order valence-corrected chi connectivity index (χ2v) is 4.59. The summed E-state index contributed by atoms with van der Waals surface area (Å²) in [5.74, 6) is -5.40. The third kappa shape index (κ3) is 2.56. The molecule has 2 atom stereocenters. The van der Waals surface area contributed by atoms with Crippen LogP contribution in [0.3, 0.4) is 0 Å². The highest BCUT2D eigenvalue weighted by Gasteiger charge is 2.41. The SMILES string of the molecule is COc1c(F)cc(NC(=O)C2CCC2C(=O)O)cc1F. The van der Waals surface area contributed by atoms with E-state index >= 15 is 0 Å². The Labute approximate surface area is 113 Å². The van der Waals surface area contributed by atoms with Crippen molar-refractivity contribution >= 4 is 17.6 Å². The number of benzene rings is 1. The van der Waals surface area contributed by atoms with Gasteiger partial charge in [-0.15, -0.1) is 0 Å². The number of halogens is 2. The van der Waals surface area contributed by atoms with E-state index in [-0.39, 0.29) is 5.69 Å². The molecule has 1 amide bonds. The zero-order valence-electron chi connectivity index (χ0n) is 10.7. The van der Waals surface area contributed by atoms with Gasteiger partial charge in [0.25, 0.3) is 0 Å². The minimum atomic E-state index is -1.04. The van der Waals surface area contributed by atoms with E-state index in [1.165, 1.54) is 0 Å². The number of carbonyl (C=O) groups is 2. The molecule has 1 fully saturated rings. The second-order valence-electron chi connectivity index (χ2n) is 4.59. The molecule has 108 valence electrons. The van der Waals surface area contributed by atoms with Gasteiger partial charge in [-0.2, -0.15) is 0 Å². The molecule has 0 spiro atoms. The molecule has 0 bridgehead atoms. The molecule has 0 aromatic heterocycles. The molecule has 0 radical (unpaired) electrons. The van der Waals surface area contributed by atoms with Crippen LogP contribution in [0.5, 0.6) is 5.75 Å². The summed E-state index contributed by atoms with van der Waals surface area (Å²) in [5, 5.41) is 11.2. The summed E-state index contributed by atoms with van der Waals surface area (Å²) in [7, 11) is 1.13. The summed E-state index contributed by atoms with van der Waals surface area (Å²) >= 11 is 0. The Morgan fingerprint density at radius 3 is 2.20 bits per heavy atom. The van der Waals surface area contributed by atoms with E-state index in [9.17, 15) is 18.4 Å². The topological polar surface area (TPSA) is 75.6 Å². The molecule has 2 unspecified atom stereocenters. The fourth-order valence-corrected chi connectivity index (χ4v) is 2.17. The van der Waals surface area contributed by atoms with Crippen LogP contribution in [0.4, 0.5) is 14.5 Å². The van der Waals surface area contributed by atoms with Crippen LogP contribution in [0.25, 0.3) is 0 Å². The number of hydrogen-bond donors (Lipinski definition) is 2. The van der Waals surface area contributed by atoms with Gasteiger partial charge >= 0.3 is 5.97 Å². The lowest BCUT2D eigenvalue weighted by atomic mass is 9.73. The number of methoxy groups -OCH3 is 1. The fourth-order valence-electron chi connectivity index (χ4n) is 2.17. The average Bonchev–Trinajstić information content (AvgIpc) is 2.25. The van der Waals surface area contributed by atoms with Crippen LogP contribution in [0.15, 0.2) is 12.1 Å². The normalized spacial score (nSPS) is 20.9. The van der Waals surface area contributed by atoms with Gasteiger partial charge in [0.05, 0.1) is 18.9 Å². The van der Waals surface area contributed by atoms with Crippen molar-refractivity contribution in [2.24, 2.45) is 11.8 Å². The highest BCUT2D eigenvalue weighted by molar-refractivity contribution is 5.96. The van der Waals surface area contributed by atoms with E-state index in [2.05, 4.69) is 10.1 Å². The van der Waals surface area contributed by atoms with Crippen molar-refractivity contribution < 1.29 is 28.2 Å². The Morgan fingerprint density at radius 2 is 1.80 bits per heavy atom. The van der Waals surface area contributed by atoms with Crippen LogP contribution < -0.4 is 10.1 Å². The van der Waals surface area contributed by atoms with Crippen molar-refractivity contribution in [1.82, 2.24) is 0 Å². The predicted octanol–water partition coefficient (Wildman–Crippen LogP) is 2.02. The standard InChI is InChI=1S/C13H13F2NO4/c1-20-11-9(14)4-6(5-10(11)15)16-12(17)7-2-3-8(7)13(18)19/h4-5,7-8H,2-3H2,1H3,(H,16,17)(H,18,19). The number of carboxylic acid groups (broad SMARTS) is 1. The first-order chi connectivity index (χ1) is 9.43. The molecular formula is C13H13F2NO4. The number of hydrogen-bond acceptors (Lipinski definition) is 3. The maximum absolute atomic E-state index is 13.5. The van der Waals surface area contributed by atoms with Gasteiger partial charge in [-0.3, -0.25) is 9.59 Å². The summed E-state index contributed by atoms with van der Waals surface area (Å²) in [6.45, 7) is 0. The molecule has 1 aliphatic rings. The Balaban J connectivity index is 2.11. The van der Waals surface area contributed by atoms with Crippen LogP contribution in [0.1, 0.15) is 12.8 Å². The molecule has 5 nitrogen and oxygen atoms in total. The molecule has 20 heavy (non-hydrogen) atoms. The second kappa shape index (κ2) is 5.44. The summed E-state index contributed by atoms with van der Waals surface area (Å²) in [4.78, 5) is 22.7. The molecule has 1 saturated carbocycles. The first-order valence-corrected chi connectivity index (χ1v) is 6.00. The Bertz CT molecular complexity index is 538. The highest BCUT2D eigenvalue weighted by Crippen LogP contribution is 2.35. The average molecular weight is 285 g/mol. The minimum Gasteiger partial charge on any atom is -0.491 e. The molecule has 7 heteroatoms. The quantitative estimate of drug-likeness (QED) is 0.887. The third-order valence-corrected chi connectivity index (χ3v) is 3.40. The molecule has 1 aromatic rings. The smallest absolute Gasteiger partial charge is 0.307 e. The molecule has 0 saturated heterocycles. The molecule has 0 aliphatic heterocycles. The van der Waals surface area contributed by atoms with Crippen LogP contribution in [-0.2, 0) is 9.59 Å². The van der Waals surface area contributed by atoms with Gasteiger partial charge < -0.3 is 15.2 Å². The van der Waals surface area contributed by atoms with E-state index in [1.807, 2.05) is 0 Å². The lowest BCUT2D eigenvalue weighted by molar-refractivity contribution is -0.151. The maximum atomic E-state index is 13.5. The number of nitrogens with one attached hydrogen (secondary N) is 1. The zero-order valence-corrected chi connectivity index (χ0v) is 10.7. The van der Waals surface area contributed by atoms with Crippen LogP contribution in [0, 0.1) is 23.5 Å². The van der Waals surface area contributed by atoms with E-state index < -0.39 is 41.1 Å². The van der Waals surface area contributed by atoms with Crippen molar-refractivity contribution in [3.05, 3.63) is 23.8 Å². The van der Waals surface area contributed by atoms with Gasteiger partial charge in [0.15, 0.2) is 17.4 Å². The van der Waals surface area contributed by atoms with E-state index in [4.69, 9.17) is 5.11 Å². The molecule has 2 N–H and O–H groups in total. The van der Waals surface area contributed by atoms with E-state index in [0.29, 0.717) is 12.8 Å². The Morgan fingerprint density at radius 1 is 1.25 bits per heavy atom. The third-order valence-electron chi connectivity index (χ3n) is 3.40. The fraction of sp³-hybridized carbons (Fsp3) is 0.385. The first kappa shape index (κ1) is 14.2. The van der Waals surface area contributed by atoms with Gasteiger partial charge in [0, 0.05) is 17.8 Å². The number of amides is 1. The molecule has 1 aliphatic carbocycles. The van der Waals surface area contributed by atoms with Gasteiger partial charge in [0.1, 0.15) is 0 Å². The van der Waals surface area contributed by atoms with E-state index in [1.54, 1.807) is 0 Å². The van der Waals surface area contributed by atoms with Crippen LogP contribution in [-0.4, -0.2) is 24.1 Å². The number of carbonyl (C=O) groups excluding carboxylic acids is 1. The van der Waals surface area contributed by atoms with Crippen molar-refractivity contribution in [1.29, 1.82) is 0 Å². The first-order valence-electron chi connectivity index (χ1n) is 6.00. The van der Waals surface area contributed by atoms with Crippen LogP contribution in [0.2, 0.25) is 0 Å². The summed E-state index contributed by atoms with van der Waals surface area (Å²) < 4.78 is 31.4. The molecule has 1 aromatic carbocycles. The van der Waals surface area contributed by atoms with Crippen molar-refractivity contribution in [3.8, 4) is 5.75 Å². The largest absolute Gasteiger partial charge is 0.491 e. The predicted molar refractivity (Wildman–Crippen MR) is 65.4 cm³/mol. The number of aliphatic carboxylic acids is 1. The lowest BCUT2D eigenvalue weighted by Crippen LogP contribution is -2.41. The summed E-state index contributed by atoms with van der Waals surface area (Å²) in [5.41, 5.74) is -0.0677. The number of anilines is 1. The van der Waals surface area contributed by atoms with Gasteiger partial charge in [0.2, 0.25) is 5.91 Å². The Hall–Kier alpha value is -2.18. The van der Waals surface area contributed by atoms with E-state index in [0.717, 1.165) is 19.2 Å². The van der Waals surface area contributed by atoms with Crippen molar-refractivity contribution in [3.63, 3.8) is 0 Å². The van der Waals surface area contributed by atoms with Crippen molar-refractivity contribution in [2.75, 3.05) is 12.4 Å². The highest BCUT2D eigenvalue weighted by atomic mass is 19.1. The molecule has 0 heterocycles. The zero-order chi connectivity index (χ0) is 14.9. The number of ether oxygens (including phenoxy) is 1. The van der Waals surface area contributed by atoms with Gasteiger partial charge in [-0.25, -0.2) is 8.78 Å². The van der Waals surface area contributed by atoms with Gasteiger partial charge in [-0.1, -0.05) is 0 Å². The van der Waals surface area contributed by atoms with Gasteiger partial charge in [-0.05, 0) is 12.8 Å². The molecular weight excluding hydrogens is 272 g/mol. The van der Waals surface area contributed by atoms with Crippen molar-refractivity contribution in [2.45, 2.75) is 12.8 Å². The summed E-state index contributed by atoms with van der Waals surface area (Å²) in [6, 6.07) is 1.85. The van der Waals surface area contributed by atoms with Crippen LogP contribution >= 0.6 is 0 Å². The molecule has 2 rings (SSSR count). The Kier molecular flexibility index (Phi) is 3.87. The monoisotopic (exact) mass is 285 g/mol. The minimum absolute atomic E-state index is 0.0677. The summed E-state index contributed by atoms with van der Waals surface area (Å²) in [6.07, 6.45) is 0.878. The lowest BCUT2D eigenvalue weighted by Gasteiger charge is -2.31.